The molecule has 0 aromatic heterocycles. The molecule has 0 amide bonds. The Hall–Kier alpha value is -2.04. The monoisotopic (exact) mass is 492 g/mol. The number of halogens is 1. The van der Waals surface area contributed by atoms with Gasteiger partial charge in [0.1, 0.15) is 49.0 Å². The average molecular weight is 493 g/mol. The topological polar surface area (TPSA) is 115 Å². The summed E-state index contributed by atoms with van der Waals surface area (Å²) >= 11 is 6.46. The predicted octanol–water partition coefficient (Wildman–Crippen LogP) is 1.84. The van der Waals surface area contributed by atoms with Crippen molar-refractivity contribution in [3.8, 4) is 5.75 Å². The average Bonchev–Trinajstić information content (AvgIpc) is 2.81. The third kappa shape index (κ3) is 5.28. The van der Waals surface area contributed by atoms with Gasteiger partial charge in [0.2, 0.25) is 0 Å². The molecule has 0 bridgehead atoms. The van der Waals surface area contributed by atoms with Crippen molar-refractivity contribution in [3.63, 3.8) is 0 Å². The largest absolute Gasteiger partial charge is 0.494 e. The zero-order valence-electron chi connectivity index (χ0n) is 18.9. The first-order valence-corrected chi connectivity index (χ1v) is 11.6. The molecule has 4 atom stereocenters. The molecule has 184 valence electrons. The highest BCUT2D eigenvalue weighted by Crippen LogP contribution is 2.40. The number of carbonyl (C=O) groups excluding carboxylic acids is 1. The highest BCUT2D eigenvalue weighted by Gasteiger charge is 2.54. The maximum absolute atomic E-state index is 11.6. The van der Waals surface area contributed by atoms with Crippen molar-refractivity contribution < 1.29 is 39.1 Å². The fraction of sp³-hybridized carbons (Fsp3) is 0.480. The standard InChI is InChI=1S/C25H29ClO8/c1-2-33-19-6-3-15(4-7-19)9-17-10-16(5-8-20(17)26)23-21(28)22(29)24(30)25(34-23)13-31-11-18(27)12-32-14-25/h3-8,10,21-24,28-30H,2,9,11-14H2,1H3. The minimum atomic E-state index is -1.51. The minimum Gasteiger partial charge on any atom is -0.494 e. The summed E-state index contributed by atoms with van der Waals surface area (Å²) in [6.45, 7) is 1.79. The highest BCUT2D eigenvalue weighted by molar-refractivity contribution is 6.31. The van der Waals surface area contributed by atoms with Crippen LogP contribution in [0, 0.1) is 0 Å². The van der Waals surface area contributed by atoms with Gasteiger partial charge in [-0.25, -0.2) is 0 Å². The Morgan fingerprint density at radius 2 is 1.71 bits per heavy atom. The van der Waals surface area contributed by atoms with Crippen LogP contribution >= 0.6 is 11.6 Å². The lowest BCUT2D eigenvalue weighted by Gasteiger charge is -2.49. The lowest BCUT2D eigenvalue weighted by atomic mass is 9.83. The van der Waals surface area contributed by atoms with E-state index < -0.39 is 30.0 Å². The molecule has 8 nitrogen and oxygen atoms in total. The van der Waals surface area contributed by atoms with Crippen LogP contribution in [0.1, 0.15) is 29.7 Å². The molecule has 0 saturated carbocycles. The summed E-state index contributed by atoms with van der Waals surface area (Å²) in [4.78, 5) is 11.6. The van der Waals surface area contributed by atoms with E-state index in [1.165, 1.54) is 0 Å². The van der Waals surface area contributed by atoms with Gasteiger partial charge in [-0.3, -0.25) is 4.79 Å². The zero-order chi connectivity index (χ0) is 24.3. The van der Waals surface area contributed by atoms with Gasteiger partial charge in [-0.1, -0.05) is 35.9 Å². The van der Waals surface area contributed by atoms with E-state index in [4.69, 9.17) is 30.5 Å². The molecule has 4 rings (SSSR count). The maximum atomic E-state index is 11.6. The second-order valence-electron chi connectivity index (χ2n) is 8.66. The third-order valence-electron chi connectivity index (χ3n) is 6.13. The van der Waals surface area contributed by atoms with Crippen LogP contribution in [-0.4, -0.2) is 78.1 Å². The second kappa shape index (κ2) is 10.7. The molecule has 0 aliphatic carbocycles. The first-order chi connectivity index (χ1) is 16.3. The van der Waals surface area contributed by atoms with E-state index in [-0.39, 0.29) is 32.2 Å². The first-order valence-electron chi connectivity index (χ1n) is 11.2. The third-order valence-corrected chi connectivity index (χ3v) is 6.50. The van der Waals surface area contributed by atoms with Crippen LogP contribution in [-0.2, 0) is 25.4 Å². The number of hydrogen-bond donors (Lipinski definition) is 3. The van der Waals surface area contributed by atoms with E-state index in [0.717, 1.165) is 16.9 Å². The summed E-state index contributed by atoms with van der Waals surface area (Å²) < 4.78 is 22.5. The van der Waals surface area contributed by atoms with Crippen molar-refractivity contribution >= 4 is 17.4 Å². The number of rotatable bonds is 5. The lowest BCUT2D eigenvalue weighted by Crippen LogP contribution is -2.66. The number of carbonyl (C=O) groups is 1. The van der Waals surface area contributed by atoms with E-state index in [1.54, 1.807) is 12.1 Å². The molecule has 4 unspecified atom stereocenters. The summed E-state index contributed by atoms with van der Waals surface area (Å²) in [6.07, 6.45) is -4.81. The van der Waals surface area contributed by atoms with Crippen LogP contribution in [0.15, 0.2) is 42.5 Å². The fourth-order valence-electron chi connectivity index (χ4n) is 4.33. The zero-order valence-corrected chi connectivity index (χ0v) is 19.6. The van der Waals surface area contributed by atoms with Gasteiger partial charge in [-0.2, -0.15) is 0 Å². The van der Waals surface area contributed by atoms with Crippen molar-refractivity contribution in [1.82, 2.24) is 0 Å². The smallest absolute Gasteiger partial charge is 0.183 e. The molecule has 2 fully saturated rings. The first kappa shape index (κ1) is 25.1. The molecule has 34 heavy (non-hydrogen) atoms. The lowest BCUT2D eigenvalue weighted by molar-refractivity contribution is -0.297. The van der Waals surface area contributed by atoms with Gasteiger partial charge in [0.15, 0.2) is 5.78 Å². The summed E-state index contributed by atoms with van der Waals surface area (Å²) in [7, 11) is 0. The van der Waals surface area contributed by atoms with Gasteiger partial charge in [-0.15, -0.1) is 0 Å². The molecule has 0 radical (unpaired) electrons. The van der Waals surface area contributed by atoms with Crippen molar-refractivity contribution in [3.05, 3.63) is 64.2 Å². The Balaban J connectivity index is 1.59. The van der Waals surface area contributed by atoms with E-state index in [2.05, 4.69) is 0 Å². The fourth-order valence-corrected chi connectivity index (χ4v) is 4.51. The van der Waals surface area contributed by atoms with E-state index in [0.29, 0.717) is 23.6 Å². The molecule has 9 heteroatoms. The maximum Gasteiger partial charge on any atom is 0.183 e. The van der Waals surface area contributed by atoms with Crippen LogP contribution in [0.2, 0.25) is 5.02 Å². The number of aliphatic hydroxyl groups excluding tert-OH is 3. The molecule has 2 heterocycles. The number of benzene rings is 2. The van der Waals surface area contributed by atoms with Crippen LogP contribution in [0.4, 0.5) is 0 Å². The van der Waals surface area contributed by atoms with Crippen molar-refractivity contribution in [2.45, 2.75) is 43.4 Å². The number of Topliss-reactive ketones (excluding diaryl/α,β-unsaturated/α-hetero) is 1. The normalized spacial score (nSPS) is 27.3. The Bertz CT molecular complexity index is 983. The Kier molecular flexibility index (Phi) is 7.89. The Morgan fingerprint density at radius 1 is 1.03 bits per heavy atom. The van der Waals surface area contributed by atoms with Gasteiger partial charge >= 0.3 is 0 Å². The SMILES string of the molecule is CCOc1ccc(Cc2cc(C3OC4(COCC(=O)COC4)C(O)C(O)C3O)ccc2Cl)cc1. The van der Waals surface area contributed by atoms with Gasteiger partial charge < -0.3 is 34.3 Å². The number of ether oxygens (including phenoxy) is 4. The molecule has 2 aliphatic heterocycles. The van der Waals surface area contributed by atoms with E-state index in [9.17, 15) is 20.1 Å². The predicted molar refractivity (Wildman–Crippen MR) is 123 cm³/mol. The van der Waals surface area contributed by atoms with Crippen molar-refractivity contribution in [2.75, 3.05) is 33.0 Å². The minimum absolute atomic E-state index is 0.174. The molecular weight excluding hydrogens is 464 g/mol. The summed E-state index contributed by atoms with van der Waals surface area (Å²) in [5.41, 5.74) is 0.968. The highest BCUT2D eigenvalue weighted by atomic mass is 35.5. The molecule has 1 spiro atoms. The van der Waals surface area contributed by atoms with Crippen molar-refractivity contribution in [2.24, 2.45) is 0 Å². The van der Waals surface area contributed by atoms with Gasteiger partial charge in [0, 0.05) is 5.02 Å². The molecule has 2 saturated heterocycles. The Morgan fingerprint density at radius 3 is 2.35 bits per heavy atom. The molecule has 2 aromatic rings. The number of hydrogen-bond acceptors (Lipinski definition) is 8. The summed E-state index contributed by atoms with van der Waals surface area (Å²) in [5, 5.41) is 32.7. The number of aliphatic hydroxyl groups is 3. The molecular formula is C25H29ClO8. The Labute approximate surface area is 203 Å². The van der Waals surface area contributed by atoms with Gasteiger partial charge in [0.25, 0.3) is 0 Å². The van der Waals surface area contributed by atoms with Crippen LogP contribution in [0.5, 0.6) is 5.75 Å². The van der Waals surface area contributed by atoms with Crippen LogP contribution in [0.3, 0.4) is 0 Å². The number of ketones is 1. The quantitative estimate of drug-likeness (QED) is 0.579. The van der Waals surface area contributed by atoms with E-state index in [1.807, 2.05) is 37.3 Å². The second-order valence-corrected chi connectivity index (χ2v) is 9.07. The molecule has 2 aliphatic rings. The molecule has 2 aromatic carbocycles. The van der Waals surface area contributed by atoms with Crippen molar-refractivity contribution in [1.29, 1.82) is 0 Å². The summed E-state index contributed by atoms with van der Waals surface area (Å²) in [5.74, 6) is 0.557. The van der Waals surface area contributed by atoms with Crippen LogP contribution < -0.4 is 4.74 Å². The van der Waals surface area contributed by atoms with E-state index >= 15 is 0 Å². The van der Waals surface area contributed by atoms with Gasteiger partial charge in [0.05, 0.1) is 19.8 Å². The molecule has 3 N–H and O–H groups in total. The van der Waals surface area contributed by atoms with Gasteiger partial charge in [-0.05, 0) is 48.2 Å². The van der Waals surface area contributed by atoms with Crippen LogP contribution in [0.25, 0.3) is 0 Å². The summed E-state index contributed by atoms with van der Waals surface area (Å²) in [6, 6.07) is 12.9.